The number of likely N-dealkylation sites (N-methyl/N-ethyl adjacent to an activating group) is 1. The second-order valence-corrected chi connectivity index (χ2v) is 5.25. The molecule has 0 aliphatic heterocycles. The van der Waals surface area contributed by atoms with E-state index in [0.717, 1.165) is 22.4 Å². The molecule has 0 radical (unpaired) electrons. The molecule has 0 aliphatic rings. The molecule has 0 aliphatic carbocycles. The van der Waals surface area contributed by atoms with Crippen LogP contribution in [0.3, 0.4) is 0 Å². The average Bonchev–Trinajstić information content (AvgIpc) is 2.51. The molecule has 0 saturated carbocycles. The third-order valence-electron chi connectivity index (χ3n) is 2.15. The molecule has 0 aromatic carbocycles. The first kappa shape index (κ1) is 12.1. The fraction of sp³-hybridized carbons (Fsp3) is 0.556. The monoisotopic (exact) mass is 230 g/mol. The lowest BCUT2D eigenvalue weighted by Gasteiger charge is -2.28. The number of nitrogens with zero attached hydrogens (tertiary/aromatic N) is 2. The largest absolute Gasteiger partial charge is 0.326 e. The minimum Gasteiger partial charge on any atom is -0.326 e. The van der Waals surface area contributed by atoms with Gasteiger partial charge in [-0.25, -0.2) is 0 Å². The highest BCUT2D eigenvalue weighted by molar-refractivity contribution is 7.15. The van der Waals surface area contributed by atoms with Crippen LogP contribution in [-0.4, -0.2) is 36.6 Å². The molecule has 1 rings (SSSR count). The van der Waals surface area contributed by atoms with E-state index < -0.39 is 0 Å². The average molecular weight is 230 g/mol. The lowest BCUT2D eigenvalue weighted by molar-refractivity contribution is -0.901. The van der Waals surface area contributed by atoms with E-state index in [1.54, 1.807) is 6.07 Å². The summed E-state index contributed by atoms with van der Waals surface area (Å²) in [7, 11) is 4.14. The Morgan fingerprint density at radius 2 is 2.20 bits per heavy atom. The maximum absolute atomic E-state index is 10.5. The molecule has 84 valence electrons. The highest BCUT2D eigenvalue weighted by atomic mass is 32.1. The van der Waals surface area contributed by atoms with Gasteiger partial charge in [0, 0.05) is 12.6 Å². The Morgan fingerprint density at radius 1 is 1.53 bits per heavy atom. The summed E-state index contributed by atoms with van der Waals surface area (Å²) in [4.78, 5) is 11.2. The maximum atomic E-state index is 10.5. The van der Waals surface area contributed by atoms with Crippen molar-refractivity contribution in [3.63, 3.8) is 0 Å². The van der Waals surface area contributed by atoms with E-state index in [9.17, 15) is 10.1 Å². The summed E-state index contributed by atoms with van der Waals surface area (Å²) in [6, 6.07) is 3.38. The molecule has 6 heteroatoms. The van der Waals surface area contributed by atoms with E-state index in [0.29, 0.717) is 6.54 Å². The van der Waals surface area contributed by atoms with Crippen LogP contribution in [0.2, 0.25) is 0 Å². The molecule has 0 fully saturated rings. The van der Waals surface area contributed by atoms with Crippen LogP contribution in [0, 0.1) is 10.1 Å². The summed E-state index contributed by atoms with van der Waals surface area (Å²) in [5.41, 5.74) is 5.50. The molecule has 1 heterocycles. The van der Waals surface area contributed by atoms with Gasteiger partial charge in [0.1, 0.15) is 6.54 Å². The van der Waals surface area contributed by atoms with E-state index in [4.69, 9.17) is 5.73 Å². The van der Waals surface area contributed by atoms with Gasteiger partial charge in [0.05, 0.1) is 30.4 Å². The van der Waals surface area contributed by atoms with Gasteiger partial charge >= 0.3 is 5.00 Å². The Labute approximate surface area is 92.9 Å². The quantitative estimate of drug-likeness (QED) is 0.469. The molecular weight excluding hydrogens is 214 g/mol. The summed E-state index contributed by atoms with van der Waals surface area (Å²) in [5.74, 6) is 0. The van der Waals surface area contributed by atoms with Crippen molar-refractivity contribution in [3.05, 3.63) is 27.1 Å². The van der Waals surface area contributed by atoms with Gasteiger partial charge in [0.25, 0.3) is 0 Å². The Morgan fingerprint density at radius 3 is 2.67 bits per heavy atom. The first-order valence-electron chi connectivity index (χ1n) is 4.70. The molecule has 15 heavy (non-hydrogen) atoms. The Hall–Kier alpha value is -0.980. The minimum atomic E-state index is -0.350. The zero-order valence-corrected chi connectivity index (χ0v) is 9.79. The molecule has 0 spiro atoms. The zero-order valence-electron chi connectivity index (χ0n) is 8.97. The van der Waals surface area contributed by atoms with Crippen molar-refractivity contribution in [2.45, 2.75) is 6.54 Å². The van der Waals surface area contributed by atoms with E-state index >= 15 is 0 Å². The number of quaternary nitrogens is 1. The maximum Gasteiger partial charge on any atom is 0.324 e. The van der Waals surface area contributed by atoms with Gasteiger partial charge < -0.3 is 10.2 Å². The Balaban J connectivity index is 2.68. The van der Waals surface area contributed by atoms with Crippen molar-refractivity contribution in [2.75, 3.05) is 27.2 Å². The van der Waals surface area contributed by atoms with Gasteiger partial charge in [-0.05, 0) is 6.07 Å². The Kier molecular flexibility index (Phi) is 3.78. The smallest absolute Gasteiger partial charge is 0.324 e. The lowest BCUT2D eigenvalue weighted by Crippen LogP contribution is -2.42. The van der Waals surface area contributed by atoms with Crippen molar-refractivity contribution < 1.29 is 9.41 Å². The van der Waals surface area contributed by atoms with Crippen LogP contribution in [-0.2, 0) is 6.54 Å². The lowest BCUT2D eigenvalue weighted by atomic mass is 10.3. The fourth-order valence-corrected chi connectivity index (χ4v) is 2.43. The standard InChI is InChI=1S/C9H16N3O2S/c1-12(2,6-5-10)7-8-3-4-9(15-8)11(13)14/h3-4H,5-7,10H2,1-2H3/q+1. The highest BCUT2D eigenvalue weighted by Crippen LogP contribution is 2.25. The van der Waals surface area contributed by atoms with Gasteiger partial charge in [-0.1, -0.05) is 11.3 Å². The van der Waals surface area contributed by atoms with Crippen LogP contribution < -0.4 is 5.73 Å². The van der Waals surface area contributed by atoms with Crippen LogP contribution in [0.25, 0.3) is 0 Å². The number of nitro groups is 1. The minimum absolute atomic E-state index is 0.206. The summed E-state index contributed by atoms with van der Waals surface area (Å²) in [6.45, 7) is 2.28. The van der Waals surface area contributed by atoms with Crippen LogP contribution in [0.15, 0.2) is 12.1 Å². The zero-order chi connectivity index (χ0) is 11.5. The molecule has 5 nitrogen and oxygen atoms in total. The van der Waals surface area contributed by atoms with Crippen LogP contribution in [0.1, 0.15) is 4.88 Å². The van der Waals surface area contributed by atoms with Crippen LogP contribution in [0.5, 0.6) is 0 Å². The van der Waals surface area contributed by atoms with E-state index in [2.05, 4.69) is 14.1 Å². The topological polar surface area (TPSA) is 69.2 Å². The summed E-state index contributed by atoms with van der Waals surface area (Å²) in [5, 5.41) is 10.7. The first-order valence-corrected chi connectivity index (χ1v) is 5.51. The number of hydrogen-bond donors (Lipinski definition) is 1. The molecule has 1 aromatic heterocycles. The second-order valence-electron chi connectivity index (χ2n) is 4.10. The van der Waals surface area contributed by atoms with Crippen molar-refractivity contribution in [2.24, 2.45) is 5.73 Å². The van der Waals surface area contributed by atoms with Gasteiger partial charge in [-0.15, -0.1) is 0 Å². The van der Waals surface area contributed by atoms with Gasteiger partial charge in [0.15, 0.2) is 0 Å². The molecular formula is C9H16N3O2S+. The fourth-order valence-electron chi connectivity index (χ4n) is 1.40. The number of thiophene rings is 1. The van der Waals surface area contributed by atoms with E-state index in [1.807, 2.05) is 6.07 Å². The number of rotatable bonds is 5. The molecule has 0 atom stereocenters. The molecule has 0 bridgehead atoms. The van der Waals surface area contributed by atoms with E-state index in [-0.39, 0.29) is 9.92 Å². The van der Waals surface area contributed by atoms with Crippen LogP contribution >= 0.6 is 11.3 Å². The van der Waals surface area contributed by atoms with Gasteiger partial charge in [-0.2, -0.15) is 0 Å². The molecule has 2 N–H and O–H groups in total. The van der Waals surface area contributed by atoms with E-state index in [1.165, 1.54) is 11.3 Å². The summed E-state index contributed by atoms with van der Waals surface area (Å²) < 4.78 is 0.758. The molecule has 0 amide bonds. The summed E-state index contributed by atoms with van der Waals surface area (Å²) in [6.07, 6.45) is 0. The highest BCUT2D eigenvalue weighted by Gasteiger charge is 2.18. The normalized spacial score (nSPS) is 11.7. The van der Waals surface area contributed by atoms with Gasteiger partial charge in [-0.3, -0.25) is 10.1 Å². The molecule has 0 saturated heterocycles. The summed E-state index contributed by atoms with van der Waals surface area (Å²) >= 11 is 1.24. The third kappa shape index (κ3) is 3.58. The van der Waals surface area contributed by atoms with Crippen molar-refractivity contribution in [1.82, 2.24) is 0 Å². The third-order valence-corrected chi connectivity index (χ3v) is 3.17. The van der Waals surface area contributed by atoms with Gasteiger partial charge in [0.2, 0.25) is 0 Å². The Bertz CT molecular complexity index is 349. The van der Waals surface area contributed by atoms with Crippen LogP contribution in [0.4, 0.5) is 5.00 Å². The van der Waals surface area contributed by atoms with Crippen molar-refractivity contribution in [1.29, 1.82) is 0 Å². The van der Waals surface area contributed by atoms with Crippen molar-refractivity contribution >= 4 is 16.3 Å². The molecule has 0 unspecified atom stereocenters. The second kappa shape index (κ2) is 4.69. The number of nitrogens with two attached hydrogens (primary N) is 1. The number of hydrogen-bond acceptors (Lipinski definition) is 4. The van der Waals surface area contributed by atoms with Crippen molar-refractivity contribution in [3.8, 4) is 0 Å². The molecule has 1 aromatic rings. The predicted octanol–water partition coefficient (Wildman–Crippen LogP) is 1.19. The predicted molar refractivity (Wildman–Crippen MR) is 60.7 cm³/mol. The SMILES string of the molecule is C[N+](C)(CCN)Cc1ccc([N+](=O)[O-])s1. The first-order chi connectivity index (χ1) is 6.94.